The highest BCUT2D eigenvalue weighted by molar-refractivity contribution is 5.94. The lowest BCUT2D eigenvalue weighted by atomic mass is 10.1. The van der Waals surface area contributed by atoms with Crippen molar-refractivity contribution in [3.8, 4) is 22.8 Å². The second kappa shape index (κ2) is 6.42. The van der Waals surface area contributed by atoms with Crippen molar-refractivity contribution in [3.63, 3.8) is 0 Å². The minimum Gasteiger partial charge on any atom is -0.493 e. The average molecular weight is 366 g/mol. The number of aromatic amines is 2. The van der Waals surface area contributed by atoms with Crippen molar-refractivity contribution in [2.45, 2.75) is 20.3 Å². The third-order valence-electron chi connectivity index (χ3n) is 4.48. The Hall–Kier alpha value is -3.35. The van der Waals surface area contributed by atoms with Crippen LogP contribution in [0, 0.1) is 11.7 Å². The Labute approximate surface area is 154 Å². The van der Waals surface area contributed by atoms with E-state index in [2.05, 4.69) is 15.2 Å². The van der Waals surface area contributed by atoms with E-state index in [0.717, 1.165) is 16.5 Å². The van der Waals surface area contributed by atoms with Crippen LogP contribution in [-0.2, 0) is 6.42 Å². The maximum atomic E-state index is 13.2. The van der Waals surface area contributed by atoms with Crippen LogP contribution in [0.5, 0.6) is 5.88 Å². The molecule has 0 bridgehead atoms. The molecular formula is C20H19FN4O2. The summed E-state index contributed by atoms with van der Waals surface area (Å²) in [6.45, 7) is 4.03. The highest BCUT2D eigenvalue weighted by Crippen LogP contribution is 2.29. The van der Waals surface area contributed by atoms with Gasteiger partial charge in [0.05, 0.1) is 22.6 Å². The molecule has 138 valence electrons. The molecule has 0 spiro atoms. The fourth-order valence-electron chi connectivity index (χ4n) is 3.23. The molecule has 0 saturated carbocycles. The van der Waals surface area contributed by atoms with E-state index in [1.165, 1.54) is 16.7 Å². The van der Waals surface area contributed by atoms with Gasteiger partial charge < -0.3 is 10.1 Å². The molecule has 2 aromatic carbocycles. The molecule has 0 radical (unpaired) electrons. The normalized spacial score (nSPS) is 11.6. The monoisotopic (exact) mass is 366 g/mol. The van der Waals surface area contributed by atoms with Crippen LogP contribution >= 0.6 is 0 Å². The molecule has 3 N–H and O–H groups in total. The van der Waals surface area contributed by atoms with E-state index in [0.29, 0.717) is 29.4 Å². The lowest BCUT2D eigenvalue weighted by Gasteiger charge is -2.06. The Morgan fingerprint density at radius 3 is 2.63 bits per heavy atom. The summed E-state index contributed by atoms with van der Waals surface area (Å²) in [7, 11) is 0. The van der Waals surface area contributed by atoms with Gasteiger partial charge in [-0.25, -0.2) is 13.8 Å². The SMILES string of the molecule is CC(C)Cc1[nH]c(=O)n(-c2ccc3[nH]nc(-c4ccc(F)cc4)c3c2)c1O. The molecule has 27 heavy (non-hydrogen) atoms. The number of H-pyrrole nitrogens is 2. The van der Waals surface area contributed by atoms with E-state index in [-0.39, 0.29) is 11.7 Å². The summed E-state index contributed by atoms with van der Waals surface area (Å²) >= 11 is 0. The standard InChI is InChI=1S/C20H19FN4O2/c1-11(2)9-17-19(26)25(20(27)22-17)14-7-8-16-15(10-14)18(24-23-16)12-3-5-13(21)6-4-12/h3-8,10-11,26H,9H2,1-2H3,(H,22,27)(H,23,24). The second-order valence-electron chi connectivity index (χ2n) is 6.97. The lowest BCUT2D eigenvalue weighted by Crippen LogP contribution is -2.14. The average Bonchev–Trinajstić information content (AvgIpc) is 3.16. The van der Waals surface area contributed by atoms with Gasteiger partial charge in [-0.05, 0) is 54.8 Å². The van der Waals surface area contributed by atoms with Crippen LogP contribution in [0.15, 0.2) is 47.3 Å². The highest BCUT2D eigenvalue weighted by atomic mass is 19.1. The first-order valence-electron chi connectivity index (χ1n) is 8.71. The number of hydrogen-bond donors (Lipinski definition) is 3. The molecule has 2 aromatic heterocycles. The van der Waals surface area contributed by atoms with E-state index in [9.17, 15) is 14.3 Å². The minimum absolute atomic E-state index is 0.0834. The molecule has 0 amide bonds. The molecule has 0 aliphatic carbocycles. The molecule has 2 heterocycles. The molecule has 0 atom stereocenters. The summed E-state index contributed by atoms with van der Waals surface area (Å²) in [6.07, 6.45) is 0.572. The molecular weight excluding hydrogens is 347 g/mol. The van der Waals surface area contributed by atoms with E-state index in [1.807, 2.05) is 13.8 Å². The second-order valence-corrected chi connectivity index (χ2v) is 6.97. The lowest BCUT2D eigenvalue weighted by molar-refractivity contribution is 0.430. The van der Waals surface area contributed by atoms with Crippen molar-refractivity contribution in [3.05, 3.63) is 64.5 Å². The molecule has 0 fully saturated rings. The van der Waals surface area contributed by atoms with Crippen molar-refractivity contribution in [1.82, 2.24) is 19.7 Å². The molecule has 7 heteroatoms. The molecule has 0 unspecified atom stereocenters. The first kappa shape index (κ1) is 17.1. The smallest absolute Gasteiger partial charge is 0.333 e. The van der Waals surface area contributed by atoms with Gasteiger partial charge in [0.15, 0.2) is 0 Å². The number of nitrogens with zero attached hydrogens (tertiary/aromatic N) is 2. The predicted molar refractivity (Wildman–Crippen MR) is 102 cm³/mol. The largest absolute Gasteiger partial charge is 0.493 e. The van der Waals surface area contributed by atoms with Crippen molar-refractivity contribution in [2.75, 3.05) is 0 Å². The molecule has 6 nitrogen and oxygen atoms in total. The summed E-state index contributed by atoms with van der Waals surface area (Å²) in [4.78, 5) is 15.1. The third kappa shape index (κ3) is 3.01. The van der Waals surface area contributed by atoms with Crippen LogP contribution in [0.25, 0.3) is 27.8 Å². The van der Waals surface area contributed by atoms with E-state index in [1.54, 1.807) is 30.3 Å². The van der Waals surface area contributed by atoms with Crippen molar-refractivity contribution in [1.29, 1.82) is 0 Å². The number of benzene rings is 2. The predicted octanol–water partition coefficient (Wildman–Crippen LogP) is 3.75. The molecule has 4 rings (SSSR count). The van der Waals surface area contributed by atoms with Gasteiger partial charge in [0.25, 0.3) is 0 Å². The van der Waals surface area contributed by atoms with Crippen LogP contribution in [0.3, 0.4) is 0 Å². The van der Waals surface area contributed by atoms with Gasteiger partial charge in [0.2, 0.25) is 5.88 Å². The maximum absolute atomic E-state index is 13.2. The fourth-order valence-corrected chi connectivity index (χ4v) is 3.23. The number of nitrogens with one attached hydrogen (secondary N) is 2. The molecule has 0 aliphatic rings. The maximum Gasteiger partial charge on any atom is 0.333 e. The number of halogens is 1. The molecule has 0 aliphatic heterocycles. The van der Waals surface area contributed by atoms with Crippen molar-refractivity contribution >= 4 is 10.9 Å². The number of fused-ring (bicyclic) bond motifs is 1. The van der Waals surface area contributed by atoms with Gasteiger partial charge in [-0.2, -0.15) is 5.10 Å². The Kier molecular flexibility index (Phi) is 4.07. The Morgan fingerprint density at radius 2 is 1.93 bits per heavy atom. The minimum atomic E-state index is -0.394. The van der Waals surface area contributed by atoms with Gasteiger partial charge in [0, 0.05) is 10.9 Å². The summed E-state index contributed by atoms with van der Waals surface area (Å²) in [5.41, 5.74) is 2.84. The van der Waals surface area contributed by atoms with Crippen LogP contribution in [0.2, 0.25) is 0 Å². The first-order chi connectivity index (χ1) is 12.9. The number of hydrogen-bond acceptors (Lipinski definition) is 3. The summed E-state index contributed by atoms with van der Waals surface area (Å²) in [5.74, 6) is -0.107. The van der Waals surface area contributed by atoms with Gasteiger partial charge in [-0.3, -0.25) is 5.10 Å². The van der Waals surface area contributed by atoms with Crippen LogP contribution in [-0.4, -0.2) is 24.9 Å². The van der Waals surface area contributed by atoms with Crippen LogP contribution in [0.4, 0.5) is 4.39 Å². The zero-order chi connectivity index (χ0) is 19.1. The van der Waals surface area contributed by atoms with Crippen molar-refractivity contribution < 1.29 is 9.50 Å². The zero-order valence-corrected chi connectivity index (χ0v) is 15.0. The Balaban J connectivity index is 1.85. The first-order valence-corrected chi connectivity index (χ1v) is 8.71. The number of aromatic nitrogens is 4. The Morgan fingerprint density at radius 1 is 1.19 bits per heavy atom. The van der Waals surface area contributed by atoms with Crippen LogP contribution in [0.1, 0.15) is 19.5 Å². The van der Waals surface area contributed by atoms with Gasteiger partial charge >= 0.3 is 5.69 Å². The van der Waals surface area contributed by atoms with Gasteiger partial charge in [0.1, 0.15) is 5.82 Å². The number of aromatic hydroxyl groups is 1. The topological polar surface area (TPSA) is 86.7 Å². The van der Waals surface area contributed by atoms with E-state index < -0.39 is 5.69 Å². The number of rotatable bonds is 4. The quantitative estimate of drug-likeness (QED) is 0.514. The Bertz CT molecular complexity index is 1170. The summed E-state index contributed by atoms with van der Waals surface area (Å²) < 4.78 is 14.5. The summed E-state index contributed by atoms with van der Waals surface area (Å²) in [5, 5.41) is 18.5. The third-order valence-corrected chi connectivity index (χ3v) is 4.48. The molecule has 0 saturated heterocycles. The van der Waals surface area contributed by atoms with Gasteiger partial charge in [-0.15, -0.1) is 0 Å². The zero-order valence-electron chi connectivity index (χ0n) is 15.0. The number of imidazole rings is 1. The van der Waals surface area contributed by atoms with E-state index in [4.69, 9.17) is 0 Å². The van der Waals surface area contributed by atoms with Crippen LogP contribution < -0.4 is 5.69 Å². The van der Waals surface area contributed by atoms with E-state index >= 15 is 0 Å². The molecule has 4 aromatic rings. The highest BCUT2D eigenvalue weighted by Gasteiger charge is 2.17. The summed E-state index contributed by atoms with van der Waals surface area (Å²) in [6, 6.07) is 11.4. The van der Waals surface area contributed by atoms with Crippen molar-refractivity contribution in [2.24, 2.45) is 5.92 Å². The van der Waals surface area contributed by atoms with Gasteiger partial charge in [-0.1, -0.05) is 13.8 Å². The fraction of sp³-hybridized carbons (Fsp3) is 0.200.